The lowest BCUT2D eigenvalue weighted by Crippen LogP contribution is -2.37. The monoisotopic (exact) mass is 245 g/mol. The van der Waals surface area contributed by atoms with Gasteiger partial charge in [0.15, 0.2) is 5.03 Å². The van der Waals surface area contributed by atoms with Crippen LogP contribution >= 0.6 is 0 Å². The van der Waals surface area contributed by atoms with E-state index in [0.29, 0.717) is 18.7 Å². The van der Waals surface area contributed by atoms with E-state index in [1.807, 2.05) is 0 Å². The average Bonchev–Trinajstić information content (AvgIpc) is 2.60. The Hall–Kier alpha value is -0.920. The first-order chi connectivity index (χ1) is 7.53. The van der Waals surface area contributed by atoms with Crippen LogP contribution in [0.5, 0.6) is 0 Å². The molecular weight excluding hydrogens is 230 g/mol. The molecule has 16 heavy (non-hydrogen) atoms. The second-order valence-corrected chi connectivity index (χ2v) is 5.57. The second kappa shape index (κ2) is 4.15. The minimum atomic E-state index is -3.57. The lowest BCUT2D eigenvalue weighted by atomic mass is 10.3. The van der Waals surface area contributed by atoms with Gasteiger partial charge in [0.25, 0.3) is 10.0 Å². The van der Waals surface area contributed by atoms with Gasteiger partial charge in [0, 0.05) is 19.2 Å². The molecule has 0 aliphatic carbocycles. The van der Waals surface area contributed by atoms with Gasteiger partial charge < -0.3 is 0 Å². The van der Waals surface area contributed by atoms with Gasteiger partial charge in [-0.3, -0.25) is 9.52 Å². The molecule has 1 aliphatic rings. The zero-order valence-corrected chi connectivity index (χ0v) is 10.2. The van der Waals surface area contributed by atoms with Crippen molar-refractivity contribution in [1.29, 1.82) is 0 Å². The van der Waals surface area contributed by atoms with Gasteiger partial charge in [0.05, 0.1) is 12.8 Å². The summed E-state index contributed by atoms with van der Waals surface area (Å²) in [5.41, 5.74) is 0.636. The summed E-state index contributed by atoms with van der Waals surface area (Å²) in [4.78, 5) is 5.18. The summed E-state index contributed by atoms with van der Waals surface area (Å²) in [6, 6.07) is 0. The van der Waals surface area contributed by atoms with E-state index < -0.39 is 10.0 Å². The molecule has 6 nitrogen and oxygen atoms in total. The van der Waals surface area contributed by atoms with Crippen molar-refractivity contribution in [3.63, 3.8) is 0 Å². The van der Waals surface area contributed by atoms with Crippen LogP contribution in [0.4, 0.5) is 0 Å². The minimum absolute atomic E-state index is 0.203. The number of sulfonamides is 1. The van der Waals surface area contributed by atoms with Gasteiger partial charge in [-0.2, -0.15) is 5.10 Å². The van der Waals surface area contributed by atoms with Gasteiger partial charge in [0.2, 0.25) is 0 Å². The van der Waals surface area contributed by atoms with Crippen LogP contribution in [0.2, 0.25) is 0 Å². The van der Waals surface area contributed by atoms with Crippen LogP contribution in [-0.4, -0.2) is 35.8 Å². The molecule has 1 aliphatic heterocycles. The van der Waals surface area contributed by atoms with E-state index in [-0.39, 0.29) is 5.03 Å². The molecule has 0 saturated carbocycles. The highest BCUT2D eigenvalue weighted by molar-refractivity contribution is 7.89. The first kappa shape index (κ1) is 11.6. The van der Waals surface area contributed by atoms with Gasteiger partial charge in [0.1, 0.15) is 0 Å². The fourth-order valence-electron chi connectivity index (χ4n) is 1.77. The Labute approximate surface area is 94.8 Å². The van der Waals surface area contributed by atoms with Crippen LogP contribution in [0.25, 0.3) is 0 Å². The van der Waals surface area contributed by atoms with Crippen molar-refractivity contribution in [3.8, 4) is 0 Å². The molecule has 0 N–H and O–H groups in total. The molecule has 0 spiro atoms. The quantitative estimate of drug-likeness (QED) is 0.758. The Morgan fingerprint density at radius 2 is 2.19 bits per heavy atom. The summed E-state index contributed by atoms with van der Waals surface area (Å²) in [5.74, 6) is 0. The largest absolute Gasteiger partial charge is 0.284 e. The third-order valence-electron chi connectivity index (χ3n) is 2.54. The highest BCUT2D eigenvalue weighted by Gasteiger charge is 2.31. The molecule has 1 aromatic rings. The maximum absolute atomic E-state index is 12.2. The molecule has 1 saturated heterocycles. The van der Waals surface area contributed by atoms with E-state index in [1.54, 1.807) is 14.0 Å². The van der Waals surface area contributed by atoms with Crippen LogP contribution in [0.3, 0.4) is 0 Å². The summed E-state index contributed by atoms with van der Waals surface area (Å²) >= 11 is 0. The van der Waals surface area contributed by atoms with E-state index in [9.17, 15) is 8.42 Å². The number of nitrogens with zero attached hydrogens (tertiary/aromatic N) is 3. The Morgan fingerprint density at radius 1 is 1.44 bits per heavy atom. The van der Waals surface area contributed by atoms with E-state index in [4.69, 9.17) is 4.84 Å². The number of aryl methyl sites for hydroxylation is 2. The lowest BCUT2D eigenvalue weighted by molar-refractivity contribution is -0.109. The maximum Gasteiger partial charge on any atom is 0.282 e. The molecule has 2 heterocycles. The minimum Gasteiger partial charge on any atom is -0.284 e. The molecule has 0 amide bonds. The molecule has 0 radical (unpaired) electrons. The van der Waals surface area contributed by atoms with Gasteiger partial charge in [-0.05, 0) is 19.8 Å². The van der Waals surface area contributed by atoms with Crippen molar-refractivity contribution in [2.45, 2.75) is 24.8 Å². The molecule has 2 rings (SSSR count). The van der Waals surface area contributed by atoms with Crippen LogP contribution in [-0.2, 0) is 21.9 Å². The number of hydrogen-bond donors (Lipinski definition) is 0. The third kappa shape index (κ3) is 1.85. The summed E-state index contributed by atoms with van der Waals surface area (Å²) < 4.78 is 26.9. The van der Waals surface area contributed by atoms with E-state index in [2.05, 4.69) is 5.10 Å². The first-order valence-electron chi connectivity index (χ1n) is 5.18. The molecule has 1 aromatic heterocycles. The predicted molar refractivity (Wildman–Crippen MR) is 57.0 cm³/mol. The van der Waals surface area contributed by atoms with Crippen molar-refractivity contribution in [2.24, 2.45) is 7.05 Å². The van der Waals surface area contributed by atoms with Crippen LogP contribution in [0, 0.1) is 6.92 Å². The summed E-state index contributed by atoms with van der Waals surface area (Å²) in [6.07, 6.45) is 3.27. The second-order valence-electron chi connectivity index (χ2n) is 3.83. The number of rotatable bonds is 2. The lowest BCUT2D eigenvalue weighted by Gasteiger charge is -2.25. The predicted octanol–water partition coefficient (Wildman–Crippen LogP) is 0.445. The van der Waals surface area contributed by atoms with Crippen molar-refractivity contribution in [2.75, 3.05) is 13.2 Å². The van der Waals surface area contributed by atoms with E-state index in [0.717, 1.165) is 17.3 Å². The van der Waals surface area contributed by atoms with E-state index >= 15 is 0 Å². The zero-order chi connectivity index (χ0) is 11.8. The Kier molecular flexibility index (Phi) is 3.00. The fourth-order valence-corrected chi connectivity index (χ4v) is 3.38. The van der Waals surface area contributed by atoms with Crippen molar-refractivity contribution in [1.82, 2.24) is 14.2 Å². The topological polar surface area (TPSA) is 64.4 Å². The fraction of sp³-hybridized carbons (Fsp3) is 0.667. The molecular formula is C9H15N3O3S. The normalized spacial score (nSPS) is 18.9. The molecule has 0 bridgehead atoms. The molecule has 1 fully saturated rings. The highest BCUT2D eigenvalue weighted by Crippen LogP contribution is 2.21. The zero-order valence-electron chi connectivity index (χ0n) is 9.38. The number of aromatic nitrogens is 2. The Bertz CT molecular complexity index is 455. The van der Waals surface area contributed by atoms with Gasteiger partial charge >= 0.3 is 0 Å². The number of hydrogen-bond acceptors (Lipinski definition) is 4. The summed E-state index contributed by atoms with van der Waals surface area (Å²) in [6.45, 7) is 2.59. The van der Waals surface area contributed by atoms with Gasteiger partial charge in [-0.1, -0.05) is 4.47 Å². The molecule has 0 atom stereocenters. The van der Waals surface area contributed by atoms with Crippen molar-refractivity contribution >= 4 is 10.0 Å². The van der Waals surface area contributed by atoms with E-state index in [1.165, 1.54) is 10.9 Å². The van der Waals surface area contributed by atoms with Gasteiger partial charge in [-0.25, -0.2) is 8.42 Å². The first-order valence-corrected chi connectivity index (χ1v) is 6.62. The SMILES string of the molecule is Cc1cnn(C)c1S(=O)(=O)N1CCCCO1. The Balaban J connectivity index is 2.38. The average molecular weight is 245 g/mol. The van der Waals surface area contributed by atoms with Crippen LogP contribution < -0.4 is 0 Å². The van der Waals surface area contributed by atoms with Crippen molar-refractivity contribution in [3.05, 3.63) is 11.8 Å². The maximum atomic E-state index is 12.2. The summed E-state index contributed by atoms with van der Waals surface area (Å²) in [7, 11) is -1.95. The van der Waals surface area contributed by atoms with Crippen molar-refractivity contribution < 1.29 is 13.3 Å². The molecule has 0 unspecified atom stereocenters. The standard InChI is InChI=1S/C9H15N3O3S/c1-8-7-10-11(2)9(8)16(13,14)12-5-3-4-6-15-12/h7H,3-6H2,1-2H3. The smallest absolute Gasteiger partial charge is 0.282 e. The highest BCUT2D eigenvalue weighted by atomic mass is 32.2. The number of hydroxylamine groups is 1. The Morgan fingerprint density at radius 3 is 2.69 bits per heavy atom. The molecule has 7 heteroatoms. The van der Waals surface area contributed by atoms with Crippen LogP contribution in [0.15, 0.2) is 11.2 Å². The summed E-state index contributed by atoms with van der Waals surface area (Å²) in [5, 5.41) is 4.14. The molecule has 0 aromatic carbocycles. The van der Waals surface area contributed by atoms with Crippen LogP contribution in [0.1, 0.15) is 18.4 Å². The molecule has 90 valence electrons. The third-order valence-corrected chi connectivity index (χ3v) is 4.44. The van der Waals surface area contributed by atoms with Gasteiger partial charge in [-0.15, -0.1) is 0 Å².